The van der Waals surface area contributed by atoms with E-state index in [1.54, 1.807) is 17.9 Å². The first-order chi connectivity index (χ1) is 8.94. The highest BCUT2D eigenvalue weighted by molar-refractivity contribution is 5.76. The molecule has 102 valence electrons. The fourth-order valence-corrected chi connectivity index (χ4v) is 2.41. The summed E-state index contributed by atoms with van der Waals surface area (Å²) in [6, 6.07) is 1.56. The Morgan fingerprint density at radius 2 is 2.37 bits per heavy atom. The molecule has 0 radical (unpaired) electrons. The fourth-order valence-electron chi connectivity index (χ4n) is 2.41. The fraction of sp³-hybridized carbons (Fsp3) is 0.500. The predicted molar refractivity (Wildman–Crippen MR) is 68.1 cm³/mol. The van der Waals surface area contributed by atoms with Gasteiger partial charge >= 0.3 is 11.7 Å². The SMILES string of the molecule is CC1(C(=O)O)CCCN(c2ccncc2[N+](=O)[O-])C1. The smallest absolute Gasteiger partial charge is 0.311 e. The number of aromatic nitrogens is 1. The minimum atomic E-state index is -0.867. The second kappa shape index (κ2) is 4.83. The van der Waals surface area contributed by atoms with Gasteiger partial charge in [-0.25, -0.2) is 0 Å². The molecular formula is C12H15N3O4. The monoisotopic (exact) mass is 265 g/mol. The van der Waals surface area contributed by atoms with Gasteiger partial charge in [-0.15, -0.1) is 0 Å². The summed E-state index contributed by atoms with van der Waals surface area (Å²) in [6.07, 6.45) is 3.96. The van der Waals surface area contributed by atoms with E-state index in [1.807, 2.05) is 0 Å². The third kappa shape index (κ3) is 2.49. The summed E-state index contributed by atoms with van der Waals surface area (Å²) in [5, 5.41) is 20.2. The standard InChI is InChI=1S/C12H15N3O4/c1-12(11(16)17)4-2-6-14(8-12)9-3-5-13-7-10(9)15(18)19/h3,5,7H,2,4,6,8H2,1H3,(H,16,17). The molecule has 0 amide bonds. The normalized spacial score (nSPS) is 23.1. The van der Waals surface area contributed by atoms with Gasteiger partial charge in [0.05, 0.1) is 10.3 Å². The lowest BCUT2D eigenvalue weighted by atomic mass is 9.82. The number of aliphatic carboxylic acids is 1. The summed E-state index contributed by atoms with van der Waals surface area (Å²) in [4.78, 5) is 27.3. The second-order valence-corrected chi connectivity index (χ2v) is 5.01. The quantitative estimate of drug-likeness (QED) is 0.659. The van der Waals surface area contributed by atoms with Crippen LogP contribution in [-0.4, -0.2) is 34.1 Å². The van der Waals surface area contributed by atoms with Crippen molar-refractivity contribution < 1.29 is 14.8 Å². The molecule has 2 rings (SSSR count). The molecule has 1 aliphatic heterocycles. The van der Waals surface area contributed by atoms with E-state index in [9.17, 15) is 20.0 Å². The Hall–Kier alpha value is -2.18. The molecule has 1 unspecified atom stereocenters. The van der Waals surface area contributed by atoms with Crippen molar-refractivity contribution in [3.63, 3.8) is 0 Å². The molecule has 0 spiro atoms. The van der Waals surface area contributed by atoms with Crippen LogP contribution in [0, 0.1) is 15.5 Å². The Labute approximate surface area is 110 Å². The van der Waals surface area contributed by atoms with Crippen LogP contribution >= 0.6 is 0 Å². The molecule has 0 aliphatic carbocycles. The van der Waals surface area contributed by atoms with Crippen molar-refractivity contribution in [2.45, 2.75) is 19.8 Å². The number of carboxylic acids is 1. The van der Waals surface area contributed by atoms with E-state index in [2.05, 4.69) is 4.98 Å². The Balaban J connectivity index is 2.32. The van der Waals surface area contributed by atoms with Crippen LogP contribution in [0.15, 0.2) is 18.5 Å². The van der Waals surface area contributed by atoms with Crippen LogP contribution in [0.4, 0.5) is 11.4 Å². The number of nitro groups is 1. The first kappa shape index (κ1) is 13.3. The average molecular weight is 265 g/mol. The lowest BCUT2D eigenvalue weighted by Gasteiger charge is -2.38. The van der Waals surface area contributed by atoms with Gasteiger partial charge in [0.15, 0.2) is 0 Å². The van der Waals surface area contributed by atoms with Gasteiger partial charge in [0.25, 0.3) is 0 Å². The van der Waals surface area contributed by atoms with Crippen LogP contribution < -0.4 is 4.90 Å². The summed E-state index contributed by atoms with van der Waals surface area (Å²) in [6.45, 7) is 2.56. The molecule has 1 N–H and O–H groups in total. The Kier molecular flexibility index (Phi) is 3.37. The molecular weight excluding hydrogens is 250 g/mol. The lowest BCUT2D eigenvalue weighted by molar-refractivity contribution is -0.384. The third-order valence-electron chi connectivity index (χ3n) is 3.53. The molecule has 2 heterocycles. The van der Waals surface area contributed by atoms with Crippen LogP contribution in [0.2, 0.25) is 0 Å². The van der Waals surface area contributed by atoms with Crippen LogP contribution in [0.1, 0.15) is 19.8 Å². The molecule has 1 saturated heterocycles. The highest BCUT2D eigenvalue weighted by atomic mass is 16.6. The van der Waals surface area contributed by atoms with E-state index >= 15 is 0 Å². The number of hydrogen-bond donors (Lipinski definition) is 1. The molecule has 1 fully saturated rings. The minimum Gasteiger partial charge on any atom is -0.481 e. The Bertz CT molecular complexity index is 519. The van der Waals surface area contributed by atoms with Gasteiger partial charge in [-0.05, 0) is 25.8 Å². The molecule has 0 bridgehead atoms. The number of piperidine rings is 1. The van der Waals surface area contributed by atoms with Crippen LogP contribution in [-0.2, 0) is 4.79 Å². The highest BCUT2D eigenvalue weighted by Crippen LogP contribution is 2.35. The van der Waals surface area contributed by atoms with Crippen molar-refractivity contribution in [1.29, 1.82) is 0 Å². The maximum absolute atomic E-state index is 11.3. The average Bonchev–Trinajstić information content (AvgIpc) is 2.38. The van der Waals surface area contributed by atoms with Crippen LogP contribution in [0.3, 0.4) is 0 Å². The summed E-state index contributed by atoms with van der Waals surface area (Å²) in [5.41, 5.74) is -0.514. The zero-order chi connectivity index (χ0) is 14.0. The molecule has 1 aliphatic rings. The van der Waals surface area contributed by atoms with E-state index in [-0.39, 0.29) is 12.2 Å². The lowest BCUT2D eigenvalue weighted by Crippen LogP contribution is -2.46. The predicted octanol–water partition coefficient (Wildman–Crippen LogP) is 1.68. The van der Waals surface area contributed by atoms with Gasteiger partial charge in [0.1, 0.15) is 11.9 Å². The van der Waals surface area contributed by atoms with E-state index < -0.39 is 16.3 Å². The van der Waals surface area contributed by atoms with Crippen LogP contribution in [0.5, 0.6) is 0 Å². The Morgan fingerprint density at radius 1 is 1.63 bits per heavy atom. The largest absolute Gasteiger partial charge is 0.481 e. The molecule has 19 heavy (non-hydrogen) atoms. The number of carbonyl (C=O) groups is 1. The molecule has 0 saturated carbocycles. The van der Waals surface area contributed by atoms with E-state index in [0.717, 1.165) is 0 Å². The third-order valence-corrected chi connectivity index (χ3v) is 3.53. The first-order valence-electron chi connectivity index (χ1n) is 6.01. The van der Waals surface area contributed by atoms with Gasteiger partial charge in [-0.2, -0.15) is 0 Å². The maximum atomic E-state index is 11.3. The first-order valence-corrected chi connectivity index (χ1v) is 6.01. The molecule has 1 aromatic rings. The summed E-state index contributed by atoms with van der Waals surface area (Å²) in [7, 11) is 0. The number of anilines is 1. The van der Waals surface area contributed by atoms with Crippen molar-refractivity contribution >= 4 is 17.3 Å². The highest BCUT2D eigenvalue weighted by Gasteiger charge is 2.39. The summed E-state index contributed by atoms with van der Waals surface area (Å²) < 4.78 is 0. The van der Waals surface area contributed by atoms with Gasteiger partial charge in [-0.3, -0.25) is 19.9 Å². The van der Waals surface area contributed by atoms with Crippen LogP contribution in [0.25, 0.3) is 0 Å². The molecule has 7 nitrogen and oxygen atoms in total. The van der Waals surface area contributed by atoms with Gasteiger partial charge in [-0.1, -0.05) is 0 Å². The zero-order valence-corrected chi connectivity index (χ0v) is 10.6. The van der Waals surface area contributed by atoms with E-state index in [1.165, 1.54) is 12.4 Å². The van der Waals surface area contributed by atoms with Gasteiger partial charge in [0.2, 0.25) is 0 Å². The maximum Gasteiger partial charge on any atom is 0.311 e. The number of hydrogen-bond acceptors (Lipinski definition) is 5. The van der Waals surface area contributed by atoms with Crippen molar-refractivity contribution in [3.8, 4) is 0 Å². The van der Waals surface area contributed by atoms with Gasteiger partial charge < -0.3 is 10.0 Å². The van der Waals surface area contributed by atoms with Crippen molar-refractivity contribution in [2.24, 2.45) is 5.41 Å². The van der Waals surface area contributed by atoms with Crippen molar-refractivity contribution in [2.75, 3.05) is 18.0 Å². The number of nitrogens with zero attached hydrogens (tertiary/aromatic N) is 3. The molecule has 1 atom stereocenters. The van der Waals surface area contributed by atoms with E-state index in [0.29, 0.717) is 25.1 Å². The second-order valence-electron chi connectivity index (χ2n) is 5.01. The van der Waals surface area contributed by atoms with Crippen molar-refractivity contribution in [1.82, 2.24) is 4.98 Å². The molecule has 1 aromatic heterocycles. The van der Waals surface area contributed by atoms with Gasteiger partial charge in [0, 0.05) is 19.3 Å². The topological polar surface area (TPSA) is 96.6 Å². The van der Waals surface area contributed by atoms with Crippen molar-refractivity contribution in [3.05, 3.63) is 28.6 Å². The molecule has 7 heteroatoms. The Morgan fingerprint density at radius 3 is 3.00 bits per heavy atom. The number of rotatable bonds is 3. The molecule has 0 aromatic carbocycles. The number of pyridine rings is 1. The zero-order valence-electron chi connectivity index (χ0n) is 10.6. The minimum absolute atomic E-state index is 0.0860. The van der Waals surface area contributed by atoms with E-state index in [4.69, 9.17) is 0 Å². The summed E-state index contributed by atoms with van der Waals surface area (Å²) >= 11 is 0. The number of carboxylic acid groups (broad SMARTS) is 1. The summed E-state index contributed by atoms with van der Waals surface area (Å²) in [5.74, 6) is -0.867.